The second-order valence-corrected chi connectivity index (χ2v) is 4.45. The topological polar surface area (TPSA) is 89.5 Å². The maximum atomic E-state index is 12.3. The van der Waals surface area contributed by atoms with Gasteiger partial charge in [-0.3, -0.25) is 9.20 Å². The molecule has 0 aromatic carbocycles. The van der Waals surface area contributed by atoms with Crippen LogP contribution < -0.4 is 5.56 Å². The molecule has 0 fully saturated rings. The van der Waals surface area contributed by atoms with Gasteiger partial charge >= 0.3 is 5.97 Å². The first-order valence-corrected chi connectivity index (χ1v) is 6.23. The Bertz CT molecular complexity index is 878. The van der Waals surface area contributed by atoms with Crippen LogP contribution in [-0.4, -0.2) is 30.0 Å². The van der Waals surface area contributed by atoms with Crippen molar-refractivity contribution in [2.75, 3.05) is 0 Å². The molecular weight excluding hydrogens is 260 g/mol. The molecule has 0 aliphatic heterocycles. The second kappa shape index (κ2) is 4.44. The van der Waals surface area contributed by atoms with Crippen LogP contribution >= 0.6 is 0 Å². The van der Waals surface area contributed by atoms with Gasteiger partial charge in [-0.05, 0) is 18.6 Å². The summed E-state index contributed by atoms with van der Waals surface area (Å²) in [6.45, 7) is 2.68. The average molecular weight is 272 g/mol. The fourth-order valence-corrected chi connectivity index (χ4v) is 2.21. The maximum Gasteiger partial charge on any atom is 0.339 e. The predicted molar refractivity (Wildman–Crippen MR) is 72.0 cm³/mol. The number of carbonyl (C=O) groups is 1. The van der Waals surface area contributed by atoms with Gasteiger partial charge < -0.3 is 9.67 Å². The molecule has 3 rings (SSSR count). The standard InChI is InChI=1S/C13H12N4O3/c1-2-5-16-7-14-9-11(16)15-10-8(13(19)20)4-3-6-17(10)12(9)18/h3-4,6-7H,2,5H2,1H3,(H,19,20). The molecule has 0 amide bonds. The molecule has 0 bridgehead atoms. The van der Waals surface area contributed by atoms with Crippen LogP contribution in [0.25, 0.3) is 16.8 Å². The highest BCUT2D eigenvalue weighted by Gasteiger charge is 2.15. The van der Waals surface area contributed by atoms with Crippen molar-refractivity contribution in [2.24, 2.45) is 0 Å². The van der Waals surface area contributed by atoms with Gasteiger partial charge in [0, 0.05) is 12.7 Å². The molecule has 20 heavy (non-hydrogen) atoms. The van der Waals surface area contributed by atoms with E-state index >= 15 is 0 Å². The number of carboxylic acids is 1. The van der Waals surface area contributed by atoms with Crippen LogP contribution in [0.1, 0.15) is 23.7 Å². The molecule has 7 heteroatoms. The number of hydrogen-bond donors (Lipinski definition) is 1. The Morgan fingerprint density at radius 1 is 1.40 bits per heavy atom. The van der Waals surface area contributed by atoms with Gasteiger partial charge in [0.25, 0.3) is 5.56 Å². The summed E-state index contributed by atoms with van der Waals surface area (Å²) in [5, 5.41) is 9.19. The number of aryl methyl sites for hydroxylation is 1. The summed E-state index contributed by atoms with van der Waals surface area (Å²) in [7, 11) is 0. The predicted octanol–water partition coefficient (Wildman–Crippen LogP) is 1.15. The number of aromatic carboxylic acids is 1. The van der Waals surface area contributed by atoms with Gasteiger partial charge in [0.1, 0.15) is 5.56 Å². The normalized spacial score (nSPS) is 11.2. The van der Waals surface area contributed by atoms with Crippen LogP contribution in [0, 0.1) is 0 Å². The van der Waals surface area contributed by atoms with Gasteiger partial charge in [-0.2, -0.15) is 0 Å². The van der Waals surface area contributed by atoms with Gasteiger partial charge in [0.05, 0.1) is 6.33 Å². The summed E-state index contributed by atoms with van der Waals surface area (Å²) in [6, 6.07) is 2.94. The maximum absolute atomic E-state index is 12.3. The monoisotopic (exact) mass is 272 g/mol. The van der Waals surface area contributed by atoms with E-state index in [0.29, 0.717) is 12.2 Å². The lowest BCUT2D eigenvalue weighted by molar-refractivity contribution is 0.0698. The van der Waals surface area contributed by atoms with Crippen molar-refractivity contribution in [1.82, 2.24) is 18.9 Å². The van der Waals surface area contributed by atoms with E-state index in [0.717, 1.165) is 6.42 Å². The molecule has 3 aromatic heterocycles. The Kier molecular flexibility index (Phi) is 2.74. The zero-order valence-corrected chi connectivity index (χ0v) is 10.8. The minimum absolute atomic E-state index is 0.00394. The summed E-state index contributed by atoms with van der Waals surface area (Å²) >= 11 is 0. The highest BCUT2D eigenvalue weighted by atomic mass is 16.4. The molecular formula is C13H12N4O3. The smallest absolute Gasteiger partial charge is 0.339 e. The van der Waals surface area contributed by atoms with Crippen LogP contribution in [0.5, 0.6) is 0 Å². The van der Waals surface area contributed by atoms with Gasteiger partial charge in [-0.25, -0.2) is 14.8 Å². The molecule has 7 nitrogen and oxygen atoms in total. The molecule has 0 atom stereocenters. The van der Waals surface area contributed by atoms with Crippen LogP contribution in [-0.2, 0) is 6.54 Å². The van der Waals surface area contributed by atoms with E-state index in [9.17, 15) is 14.7 Å². The molecule has 3 heterocycles. The Labute approximate surface area is 113 Å². The summed E-state index contributed by atoms with van der Waals surface area (Å²) in [5.74, 6) is -1.11. The van der Waals surface area contributed by atoms with Gasteiger partial charge in [0.15, 0.2) is 16.8 Å². The lowest BCUT2D eigenvalue weighted by Crippen LogP contribution is -2.18. The molecule has 1 N–H and O–H groups in total. The van der Waals surface area contributed by atoms with Gasteiger partial charge in [-0.15, -0.1) is 0 Å². The van der Waals surface area contributed by atoms with Crippen molar-refractivity contribution < 1.29 is 9.90 Å². The van der Waals surface area contributed by atoms with Crippen molar-refractivity contribution in [3.63, 3.8) is 0 Å². The van der Waals surface area contributed by atoms with Crippen molar-refractivity contribution in [2.45, 2.75) is 19.9 Å². The molecule has 0 spiro atoms. The van der Waals surface area contributed by atoms with Crippen molar-refractivity contribution in [3.05, 3.63) is 40.6 Å². The van der Waals surface area contributed by atoms with Gasteiger partial charge in [0.2, 0.25) is 0 Å². The number of fused-ring (bicyclic) bond motifs is 2. The number of hydrogen-bond acceptors (Lipinski definition) is 4. The number of nitrogens with zero attached hydrogens (tertiary/aromatic N) is 4. The second-order valence-electron chi connectivity index (χ2n) is 4.45. The molecule has 102 valence electrons. The largest absolute Gasteiger partial charge is 0.478 e. The summed E-state index contributed by atoms with van der Waals surface area (Å²) in [4.78, 5) is 32.0. The molecule has 3 aromatic rings. The van der Waals surface area contributed by atoms with E-state index in [1.165, 1.54) is 22.7 Å². The summed E-state index contributed by atoms with van der Waals surface area (Å²) in [6.07, 6.45) is 3.92. The van der Waals surface area contributed by atoms with E-state index in [1.807, 2.05) is 6.92 Å². The molecule has 0 aliphatic carbocycles. The number of aromatic nitrogens is 4. The molecule has 0 saturated carbocycles. The van der Waals surface area contributed by atoms with E-state index in [1.54, 1.807) is 10.9 Å². The average Bonchev–Trinajstić information content (AvgIpc) is 2.82. The third kappa shape index (κ3) is 1.67. The van der Waals surface area contributed by atoms with Crippen molar-refractivity contribution >= 4 is 22.8 Å². The fraction of sp³-hybridized carbons (Fsp3) is 0.231. The zero-order valence-electron chi connectivity index (χ0n) is 10.8. The van der Waals surface area contributed by atoms with E-state index in [4.69, 9.17) is 0 Å². The molecule has 0 radical (unpaired) electrons. The Hall–Kier alpha value is -2.70. The number of imidazole rings is 1. The Balaban J connectivity index is 2.47. The van der Waals surface area contributed by atoms with Crippen LogP contribution in [0.2, 0.25) is 0 Å². The van der Waals surface area contributed by atoms with Crippen molar-refractivity contribution in [1.29, 1.82) is 0 Å². The SMILES string of the molecule is CCCn1cnc2c(=O)n3cccc(C(=O)O)c3nc21. The Morgan fingerprint density at radius 2 is 2.20 bits per heavy atom. The molecule has 0 saturated heterocycles. The van der Waals surface area contributed by atoms with Crippen LogP contribution in [0.3, 0.4) is 0 Å². The number of carboxylic acid groups (broad SMARTS) is 1. The zero-order chi connectivity index (χ0) is 14.3. The first kappa shape index (κ1) is 12.3. The van der Waals surface area contributed by atoms with Crippen LogP contribution in [0.15, 0.2) is 29.5 Å². The summed E-state index contributed by atoms with van der Waals surface area (Å²) in [5.41, 5.74) is 0.443. The van der Waals surface area contributed by atoms with Gasteiger partial charge in [-0.1, -0.05) is 6.92 Å². The third-order valence-corrected chi connectivity index (χ3v) is 3.11. The molecule has 0 unspecified atom stereocenters. The minimum atomic E-state index is -1.11. The van der Waals surface area contributed by atoms with Crippen molar-refractivity contribution in [3.8, 4) is 0 Å². The third-order valence-electron chi connectivity index (χ3n) is 3.11. The van der Waals surface area contributed by atoms with E-state index < -0.39 is 5.97 Å². The highest BCUT2D eigenvalue weighted by Crippen LogP contribution is 2.12. The summed E-state index contributed by atoms with van der Waals surface area (Å²) < 4.78 is 2.98. The fourth-order valence-electron chi connectivity index (χ4n) is 2.21. The minimum Gasteiger partial charge on any atom is -0.478 e. The van der Waals surface area contributed by atoms with Crippen LogP contribution in [0.4, 0.5) is 0 Å². The number of pyridine rings is 1. The lowest BCUT2D eigenvalue weighted by atomic mass is 10.2. The Morgan fingerprint density at radius 3 is 2.90 bits per heavy atom. The highest BCUT2D eigenvalue weighted by molar-refractivity contribution is 5.95. The quantitative estimate of drug-likeness (QED) is 0.772. The molecule has 0 aliphatic rings. The lowest BCUT2D eigenvalue weighted by Gasteiger charge is -2.05. The first-order valence-electron chi connectivity index (χ1n) is 6.23. The van der Waals surface area contributed by atoms with E-state index in [2.05, 4.69) is 9.97 Å². The van der Waals surface area contributed by atoms with E-state index in [-0.39, 0.29) is 22.3 Å². The first-order chi connectivity index (χ1) is 9.63. The number of rotatable bonds is 3.